The zero-order valence-corrected chi connectivity index (χ0v) is 6.80. The van der Waals surface area contributed by atoms with Gasteiger partial charge in [0.1, 0.15) is 5.82 Å². The standard InChI is InChI=1S/C9H9F2NO/c10-4-1-6(5-3-8(5)12)9(13)7(11)2-4/h1-2,5,8,13H,3,12H2. The SMILES string of the molecule is NC1CC1c1cc(F)cc(F)c1O. The topological polar surface area (TPSA) is 46.2 Å². The van der Waals surface area contributed by atoms with Crippen LogP contribution in [0.15, 0.2) is 12.1 Å². The summed E-state index contributed by atoms with van der Waals surface area (Å²) < 4.78 is 25.6. The first-order valence-electron chi connectivity index (χ1n) is 4.03. The highest BCUT2D eigenvalue weighted by Gasteiger charge is 2.37. The van der Waals surface area contributed by atoms with Crippen LogP contribution in [0.2, 0.25) is 0 Å². The average Bonchev–Trinajstić information content (AvgIpc) is 2.75. The molecule has 0 radical (unpaired) electrons. The highest BCUT2D eigenvalue weighted by Crippen LogP contribution is 2.43. The van der Waals surface area contributed by atoms with Crippen LogP contribution in [0, 0.1) is 11.6 Å². The summed E-state index contributed by atoms with van der Waals surface area (Å²) in [6, 6.07) is 1.72. The number of rotatable bonds is 1. The third-order valence-electron chi connectivity index (χ3n) is 2.30. The molecule has 0 bridgehead atoms. The first-order valence-corrected chi connectivity index (χ1v) is 4.03. The van der Waals surface area contributed by atoms with Gasteiger partial charge >= 0.3 is 0 Å². The van der Waals surface area contributed by atoms with Gasteiger partial charge < -0.3 is 10.8 Å². The van der Waals surface area contributed by atoms with Crippen molar-refractivity contribution in [2.45, 2.75) is 18.4 Å². The van der Waals surface area contributed by atoms with Crippen LogP contribution >= 0.6 is 0 Å². The molecule has 2 atom stereocenters. The predicted octanol–water partition coefficient (Wildman–Crippen LogP) is 1.48. The molecule has 1 fully saturated rings. The van der Waals surface area contributed by atoms with Crippen LogP contribution in [-0.2, 0) is 0 Å². The molecule has 3 N–H and O–H groups in total. The van der Waals surface area contributed by atoms with E-state index in [1.807, 2.05) is 0 Å². The second-order valence-electron chi connectivity index (χ2n) is 3.33. The molecule has 0 spiro atoms. The molecule has 1 aliphatic carbocycles. The predicted molar refractivity (Wildman–Crippen MR) is 43.4 cm³/mol. The fraction of sp³-hybridized carbons (Fsp3) is 0.333. The maximum absolute atomic E-state index is 12.8. The van der Waals surface area contributed by atoms with E-state index in [2.05, 4.69) is 0 Å². The number of benzene rings is 1. The molecule has 2 nitrogen and oxygen atoms in total. The second kappa shape index (κ2) is 2.67. The summed E-state index contributed by atoms with van der Waals surface area (Å²) in [5.41, 5.74) is 5.79. The quantitative estimate of drug-likeness (QED) is 0.696. The molecule has 0 saturated heterocycles. The van der Waals surface area contributed by atoms with Gasteiger partial charge in [0, 0.05) is 23.6 Å². The van der Waals surface area contributed by atoms with Gasteiger partial charge in [0.25, 0.3) is 0 Å². The van der Waals surface area contributed by atoms with Crippen molar-refractivity contribution in [1.29, 1.82) is 0 Å². The van der Waals surface area contributed by atoms with Gasteiger partial charge in [-0.1, -0.05) is 0 Å². The monoisotopic (exact) mass is 185 g/mol. The zero-order valence-electron chi connectivity index (χ0n) is 6.80. The summed E-state index contributed by atoms with van der Waals surface area (Å²) >= 11 is 0. The lowest BCUT2D eigenvalue weighted by atomic mass is 10.1. The Morgan fingerprint density at radius 2 is 2.00 bits per heavy atom. The van der Waals surface area contributed by atoms with Crippen molar-refractivity contribution in [1.82, 2.24) is 0 Å². The van der Waals surface area contributed by atoms with Gasteiger partial charge in [-0.05, 0) is 12.5 Å². The third-order valence-corrected chi connectivity index (χ3v) is 2.30. The molecule has 0 amide bonds. The summed E-state index contributed by atoms with van der Waals surface area (Å²) in [4.78, 5) is 0. The number of hydrogen-bond donors (Lipinski definition) is 2. The average molecular weight is 185 g/mol. The van der Waals surface area contributed by atoms with E-state index in [-0.39, 0.29) is 17.5 Å². The molecule has 0 aromatic heterocycles. The van der Waals surface area contributed by atoms with E-state index in [9.17, 15) is 13.9 Å². The molecular weight excluding hydrogens is 176 g/mol. The van der Waals surface area contributed by atoms with Gasteiger partial charge in [0.15, 0.2) is 11.6 Å². The molecule has 4 heteroatoms. The minimum Gasteiger partial charge on any atom is -0.505 e. The Morgan fingerprint density at radius 3 is 2.54 bits per heavy atom. The number of phenols is 1. The smallest absolute Gasteiger partial charge is 0.168 e. The van der Waals surface area contributed by atoms with E-state index in [0.29, 0.717) is 12.5 Å². The lowest BCUT2D eigenvalue weighted by Gasteiger charge is -2.03. The van der Waals surface area contributed by atoms with Gasteiger partial charge in [0.05, 0.1) is 0 Å². The van der Waals surface area contributed by atoms with Crippen molar-refractivity contribution in [3.8, 4) is 5.75 Å². The molecule has 1 aliphatic rings. The highest BCUT2D eigenvalue weighted by molar-refractivity contribution is 5.41. The van der Waals surface area contributed by atoms with Gasteiger partial charge in [0.2, 0.25) is 0 Å². The van der Waals surface area contributed by atoms with Crippen LogP contribution in [0.3, 0.4) is 0 Å². The Labute approximate surface area is 74.0 Å². The van der Waals surface area contributed by atoms with Crippen LogP contribution < -0.4 is 5.73 Å². The van der Waals surface area contributed by atoms with Crippen molar-refractivity contribution in [2.24, 2.45) is 5.73 Å². The van der Waals surface area contributed by atoms with Crippen LogP contribution in [0.1, 0.15) is 17.9 Å². The second-order valence-corrected chi connectivity index (χ2v) is 3.33. The Bertz CT molecular complexity index is 354. The van der Waals surface area contributed by atoms with Crippen molar-refractivity contribution in [3.05, 3.63) is 29.3 Å². The molecule has 2 rings (SSSR count). The zero-order chi connectivity index (χ0) is 9.59. The van der Waals surface area contributed by atoms with Crippen molar-refractivity contribution in [3.63, 3.8) is 0 Å². The van der Waals surface area contributed by atoms with Gasteiger partial charge in [-0.3, -0.25) is 0 Å². The summed E-state index contributed by atoms with van der Waals surface area (Å²) in [6.07, 6.45) is 0.677. The van der Waals surface area contributed by atoms with Gasteiger partial charge in [-0.15, -0.1) is 0 Å². The van der Waals surface area contributed by atoms with Crippen LogP contribution in [0.25, 0.3) is 0 Å². The normalized spacial score (nSPS) is 26.1. The molecule has 0 aliphatic heterocycles. The number of aromatic hydroxyl groups is 1. The first-order chi connectivity index (χ1) is 6.09. The largest absolute Gasteiger partial charge is 0.505 e. The van der Waals surface area contributed by atoms with E-state index < -0.39 is 17.4 Å². The summed E-state index contributed by atoms with van der Waals surface area (Å²) in [7, 11) is 0. The van der Waals surface area contributed by atoms with Crippen LogP contribution in [-0.4, -0.2) is 11.1 Å². The van der Waals surface area contributed by atoms with E-state index >= 15 is 0 Å². The van der Waals surface area contributed by atoms with Crippen molar-refractivity contribution in [2.75, 3.05) is 0 Å². The minimum absolute atomic E-state index is 0.0768. The summed E-state index contributed by atoms with van der Waals surface area (Å²) in [6.45, 7) is 0. The van der Waals surface area contributed by atoms with Gasteiger partial charge in [-0.25, -0.2) is 8.78 Å². The molecule has 1 saturated carbocycles. The van der Waals surface area contributed by atoms with E-state index in [1.165, 1.54) is 0 Å². The maximum atomic E-state index is 12.8. The Hall–Kier alpha value is -1.16. The van der Waals surface area contributed by atoms with Crippen LogP contribution in [0.4, 0.5) is 8.78 Å². The Morgan fingerprint density at radius 1 is 1.38 bits per heavy atom. The molecule has 1 aromatic carbocycles. The third kappa shape index (κ3) is 1.37. The first kappa shape index (κ1) is 8.44. The fourth-order valence-corrected chi connectivity index (χ4v) is 1.44. The van der Waals surface area contributed by atoms with Crippen molar-refractivity contribution < 1.29 is 13.9 Å². The number of phenolic OH excluding ortho intramolecular Hbond substituents is 1. The molecule has 13 heavy (non-hydrogen) atoms. The van der Waals surface area contributed by atoms with E-state index in [0.717, 1.165) is 6.07 Å². The summed E-state index contributed by atoms with van der Waals surface area (Å²) in [5, 5.41) is 9.25. The van der Waals surface area contributed by atoms with Crippen molar-refractivity contribution >= 4 is 0 Å². The molecular formula is C9H9F2NO. The van der Waals surface area contributed by atoms with E-state index in [4.69, 9.17) is 5.73 Å². The molecule has 0 heterocycles. The lowest BCUT2D eigenvalue weighted by Crippen LogP contribution is -2.01. The van der Waals surface area contributed by atoms with E-state index in [1.54, 1.807) is 0 Å². The lowest BCUT2D eigenvalue weighted by molar-refractivity contribution is 0.421. The Kier molecular flexibility index (Phi) is 1.73. The number of halogens is 2. The molecule has 70 valence electrons. The highest BCUT2D eigenvalue weighted by atomic mass is 19.1. The van der Waals surface area contributed by atoms with Crippen LogP contribution in [0.5, 0.6) is 5.75 Å². The Balaban J connectivity index is 2.44. The number of hydrogen-bond acceptors (Lipinski definition) is 2. The molecule has 1 aromatic rings. The maximum Gasteiger partial charge on any atom is 0.168 e. The summed E-state index contributed by atoms with van der Waals surface area (Å²) in [5.74, 6) is -2.16. The molecule has 2 unspecified atom stereocenters. The number of nitrogens with two attached hydrogens (primary N) is 1. The van der Waals surface area contributed by atoms with Gasteiger partial charge in [-0.2, -0.15) is 0 Å². The fourth-order valence-electron chi connectivity index (χ4n) is 1.44. The minimum atomic E-state index is -0.922.